The average Bonchev–Trinajstić information content (AvgIpc) is 2.84. The van der Waals surface area contributed by atoms with E-state index in [1.807, 2.05) is 74.5 Å². The van der Waals surface area contributed by atoms with Crippen molar-refractivity contribution in [1.29, 1.82) is 5.26 Å². The number of carbonyl (C=O) groups is 1. The third-order valence-electron chi connectivity index (χ3n) is 5.75. The SMILES string of the molecule is Cc1cccc(NC(=O)/C(C#N)=C/c2ccc(OCc3cccc4ccccc34)c(I)c2)c1C. The van der Waals surface area contributed by atoms with Crippen LogP contribution in [0.1, 0.15) is 22.3 Å². The number of hydrogen-bond acceptors (Lipinski definition) is 3. The van der Waals surface area contributed by atoms with Crippen molar-refractivity contribution in [2.45, 2.75) is 20.5 Å². The predicted molar refractivity (Wildman–Crippen MR) is 146 cm³/mol. The Labute approximate surface area is 213 Å². The minimum absolute atomic E-state index is 0.0427. The second-order valence-corrected chi connectivity index (χ2v) is 9.15. The molecule has 168 valence electrons. The molecule has 0 spiro atoms. The van der Waals surface area contributed by atoms with Crippen LogP contribution in [0.5, 0.6) is 5.75 Å². The summed E-state index contributed by atoms with van der Waals surface area (Å²) in [5.41, 5.74) is 4.69. The van der Waals surface area contributed by atoms with Crippen molar-refractivity contribution >= 4 is 51.0 Å². The lowest BCUT2D eigenvalue weighted by Gasteiger charge is -2.11. The Morgan fingerprint density at radius 3 is 2.59 bits per heavy atom. The number of nitriles is 1. The van der Waals surface area contributed by atoms with Gasteiger partial charge in [-0.15, -0.1) is 0 Å². The van der Waals surface area contributed by atoms with E-state index in [4.69, 9.17) is 4.74 Å². The van der Waals surface area contributed by atoms with Crippen LogP contribution in [0.2, 0.25) is 0 Å². The predicted octanol–water partition coefficient (Wildman–Crippen LogP) is 7.19. The molecular formula is C29H23IN2O2. The largest absolute Gasteiger partial charge is 0.488 e. The van der Waals surface area contributed by atoms with Crippen LogP contribution in [0.4, 0.5) is 5.69 Å². The van der Waals surface area contributed by atoms with Gasteiger partial charge in [-0.1, -0.05) is 60.7 Å². The Hall–Kier alpha value is -3.63. The molecular weight excluding hydrogens is 535 g/mol. The van der Waals surface area contributed by atoms with Crippen molar-refractivity contribution in [2.24, 2.45) is 0 Å². The number of amides is 1. The van der Waals surface area contributed by atoms with Gasteiger partial charge in [0.05, 0.1) is 3.57 Å². The molecule has 5 heteroatoms. The maximum Gasteiger partial charge on any atom is 0.266 e. The van der Waals surface area contributed by atoms with E-state index in [9.17, 15) is 10.1 Å². The summed E-state index contributed by atoms with van der Waals surface area (Å²) in [5, 5.41) is 14.8. The molecule has 0 aliphatic carbocycles. The summed E-state index contributed by atoms with van der Waals surface area (Å²) < 4.78 is 7.00. The van der Waals surface area contributed by atoms with E-state index in [0.717, 1.165) is 31.6 Å². The van der Waals surface area contributed by atoms with Gasteiger partial charge < -0.3 is 10.1 Å². The Kier molecular flexibility index (Phi) is 7.29. The van der Waals surface area contributed by atoms with Gasteiger partial charge in [-0.05, 0) is 93.7 Å². The highest BCUT2D eigenvalue weighted by molar-refractivity contribution is 14.1. The number of hydrogen-bond donors (Lipinski definition) is 1. The molecule has 0 bridgehead atoms. The van der Waals surface area contributed by atoms with E-state index in [1.54, 1.807) is 6.08 Å². The second kappa shape index (κ2) is 10.5. The number of anilines is 1. The topological polar surface area (TPSA) is 62.1 Å². The van der Waals surface area contributed by atoms with Gasteiger partial charge in [-0.2, -0.15) is 5.26 Å². The summed E-state index contributed by atoms with van der Waals surface area (Å²) in [6.07, 6.45) is 1.59. The van der Waals surface area contributed by atoms with E-state index in [0.29, 0.717) is 12.3 Å². The van der Waals surface area contributed by atoms with Gasteiger partial charge in [0.25, 0.3) is 5.91 Å². The zero-order valence-corrected chi connectivity index (χ0v) is 21.1. The van der Waals surface area contributed by atoms with Crippen molar-refractivity contribution in [3.63, 3.8) is 0 Å². The molecule has 4 aromatic carbocycles. The molecule has 0 aliphatic heterocycles. The molecule has 0 atom stereocenters. The van der Waals surface area contributed by atoms with Gasteiger partial charge in [0.15, 0.2) is 0 Å². The summed E-state index contributed by atoms with van der Waals surface area (Å²) in [7, 11) is 0. The molecule has 0 saturated heterocycles. The highest BCUT2D eigenvalue weighted by Gasteiger charge is 2.12. The number of rotatable bonds is 6. The van der Waals surface area contributed by atoms with Crippen LogP contribution in [0.3, 0.4) is 0 Å². The van der Waals surface area contributed by atoms with Crippen LogP contribution in [-0.2, 0) is 11.4 Å². The number of benzene rings is 4. The highest BCUT2D eigenvalue weighted by Crippen LogP contribution is 2.26. The Morgan fingerprint density at radius 1 is 1.03 bits per heavy atom. The first kappa shape index (κ1) is 23.5. The normalized spacial score (nSPS) is 11.2. The van der Waals surface area contributed by atoms with E-state index in [1.165, 1.54) is 10.8 Å². The second-order valence-electron chi connectivity index (χ2n) is 7.99. The molecule has 34 heavy (non-hydrogen) atoms. The molecule has 0 saturated carbocycles. The number of nitrogens with one attached hydrogen (secondary N) is 1. The zero-order valence-electron chi connectivity index (χ0n) is 18.9. The summed E-state index contributed by atoms with van der Waals surface area (Å²) in [6, 6.07) is 27.8. The molecule has 0 radical (unpaired) electrons. The maximum absolute atomic E-state index is 12.7. The molecule has 0 aliphatic rings. The van der Waals surface area contributed by atoms with E-state index < -0.39 is 5.91 Å². The molecule has 1 N–H and O–H groups in total. The van der Waals surface area contributed by atoms with Crippen LogP contribution in [0.25, 0.3) is 16.8 Å². The Balaban J connectivity index is 1.49. The lowest BCUT2D eigenvalue weighted by Crippen LogP contribution is -2.14. The van der Waals surface area contributed by atoms with Crippen LogP contribution >= 0.6 is 22.6 Å². The summed E-state index contributed by atoms with van der Waals surface area (Å²) in [6.45, 7) is 4.38. The van der Waals surface area contributed by atoms with E-state index in [-0.39, 0.29) is 5.57 Å². The van der Waals surface area contributed by atoms with Crippen LogP contribution in [0.15, 0.2) is 84.4 Å². The summed E-state index contributed by atoms with van der Waals surface area (Å²) in [5.74, 6) is 0.325. The van der Waals surface area contributed by atoms with E-state index >= 15 is 0 Å². The van der Waals surface area contributed by atoms with Crippen molar-refractivity contribution in [3.05, 3.63) is 110 Å². The lowest BCUT2D eigenvalue weighted by atomic mass is 10.1. The minimum atomic E-state index is -0.428. The first-order chi connectivity index (χ1) is 16.5. The fourth-order valence-electron chi connectivity index (χ4n) is 3.69. The van der Waals surface area contributed by atoms with Crippen LogP contribution in [0, 0.1) is 28.7 Å². The van der Waals surface area contributed by atoms with Crippen LogP contribution in [-0.4, -0.2) is 5.91 Å². The van der Waals surface area contributed by atoms with Crippen molar-refractivity contribution in [3.8, 4) is 11.8 Å². The molecule has 0 fully saturated rings. The molecule has 0 aromatic heterocycles. The quantitative estimate of drug-likeness (QED) is 0.155. The van der Waals surface area contributed by atoms with Crippen molar-refractivity contribution < 1.29 is 9.53 Å². The number of nitrogens with zero attached hydrogens (tertiary/aromatic N) is 1. The first-order valence-corrected chi connectivity index (χ1v) is 11.9. The van der Waals surface area contributed by atoms with Gasteiger partial charge in [-0.25, -0.2) is 0 Å². The van der Waals surface area contributed by atoms with Gasteiger partial charge in [-0.3, -0.25) is 4.79 Å². The average molecular weight is 558 g/mol. The first-order valence-electron chi connectivity index (χ1n) is 10.8. The Morgan fingerprint density at radius 2 is 1.79 bits per heavy atom. The molecule has 4 nitrogen and oxygen atoms in total. The molecule has 0 heterocycles. The van der Waals surface area contributed by atoms with Gasteiger partial charge in [0.2, 0.25) is 0 Å². The summed E-state index contributed by atoms with van der Waals surface area (Å²) >= 11 is 2.21. The van der Waals surface area contributed by atoms with E-state index in [2.05, 4.69) is 52.2 Å². The number of fused-ring (bicyclic) bond motifs is 1. The van der Waals surface area contributed by atoms with Gasteiger partial charge in [0, 0.05) is 5.69 Å². The van der Waals surface area contributed by atoms with Gasteiger partial charge in [0.1, 0.15) is 24.0 Å². The fourth-order valence-corrected chi connectivity index (χ4v) is 4.38. The number of ether oxygens (including phenoxy) is 1. The monoisotopic (exact) mass is 558 g/mol. The molecule has 1 amide bonds. The summed E-state index contributed by atoms with van der Waals surface area (Å²) in [4.78, 5) is 12.7. The van der Waals surface area contributed by atoms with Gasteiger partial charge >= 0.3 is 0 Å². The number of aryl methyl sites for hydroxylation is 1. The van der Waals surface area contributed by atoms with Crippen LogP contribution < -0.4 is 10.1 Å². The number of carbonyl (C=O) groups excluding carboxylic acids is 1. The lowest BCUT2D eigenvalue weighted by molar-refractivity contribution is -0.112. The minimum Gasteiger partial charge on any atom is -0.488 e. The smallest absolute Gasteiger partial charge is 0.266 e. The molecule has 4 rings (SSSR count). The van der Waals surface area contributed by atoms with Crippen molar-refractivity contribution in [1.82, 2.24) is 0 Å². The fraction of sp³-hybridized carbons (Fsp3) is 0.103. The zero-order chi connectivity index (χ0) is 24.1. The highest BCUT2D eigenvalue weighted by atomic mass is 127. The number of halogens is 1. The third-order valence-corrected chi connectivity index (χ3v) is 6.59. The molecule has 4 aromatic rings. The maximum atomic E-state index is 12.7. The third kappa shape index (κ3) is 5.29. The van der Waals surface area contributed by atoms with Crippen molar-refractivity contribution in [2.75, 3.05) is 5.32 Å². The standard InChI is InChI=1S/C29H23IN2O2/c1-19-7-5-12-27(20(19)2)32-29(33)24(17-31)15-21-13-14-28(26(30)16-21)34-18-23-10-6-9-22-8-3-4-11-25(22)23/h3-16H,18H2,1-2H3,(H,32,33)/b24-15+. The Bertz CT molecular complexity index is 1450. The molecule has 0 unspecified atom stereocenters.